The smallest absolute Gasteiger partial charge is 0.271 e. The number of benzene rings is 2. The average molecular weight is 345 g/mol. The van der Waals surface area contributed by atoms with Crippen LogP contribution in [-0.2, 0) is 0 Å². The molecule has 2 N–H and O–H groups in total. The number of carbonyl (C=O) groups is 1. The third kappa shape index (κ3) is 5.31. The van der Waals surface area contributed by atoms with Gasteiger partial charge >= 0.3 is 0 Å². The molecular formula is C17H19N3O5. The van der Waals surface area contributed by atoms with Crippen LogP contribution < -0.4 is 10.2 Å². The highest BCUT2D eigenvalue weighted by Gasteiger charge is 2.09. The molecule has 0 saturated heterocycles. The molecule has 132 valence electrons. The Morgan fingerprint density at radius 2 is 1.88 bits per heavy atom. The van der Waals surface area contributed by atoms with E-state index >= 15 is 0 Å². The minimum atomic E-state index is -0.550. The summed E-state index contributed by atoms with van der Waals surface area (Å²) in [5.41, 5.74) is 2.76. The van der Waals surface area contributed by atoms with E-state index in [2.05, 4.69) is 10.5 Å². The zero-order valence-corrected chi connectivity index (χ0v) is 14.1. The molecule has 0 bridgehead atoms. The lowest BCUT2D eigenvalue weighted by atomic mass is 10.2. The molecule has 25 heavy (non-hydrogen) atoms. The van der Waals surface area contributed by atoms with Crippen molar-refractivity contribution < 1.29 is 19.6 Å². The van der Waals surface area contributed by atoms with Gasteiger partial charge in [0.25, 0.3) is 11.6 Å². The van der Waals surface area contributed by atoms with Crippen LogP contribution in [0.5, 0.6) is 11.5 Å². The highest BCUT2D eigenvalue weighted by molar-refractivity contribution is 5.95. The Morgan fingerprint density at radius 1 is 1.24 bits per heavy atom. The summed E-state index contributed by atoms with van der Waals surface area (Å²) in [5.74, 6) is -0.336. The number of nitrogens with one attached hydrogen (secondary N) is 1. The lowest BCUT2D eigenvalue weighted by molar-refractivity contribution is -0.384. The minimum Gasteiger partial charge on any atom is -0.504 e. The van der Waals surface area contributed by atoms with Crippen molar-refractivity contribution in [3.8, 4) is 11.5 Å². The number of para-hydroxylation sites is 1. The molecule has 0 unspecified atom stereocenters. The van der Waals surface area contributed by atoms with Crippen molar-refractivity contribution in [2.24, 2.45) is 5.10 Å². The predicted octanol–water partition coefficient (Wildman–Crippen LogP) is 3.10. The molecule has 0 spiro atoms. The number of phenols is 1. The molecule has 2 aromatic carbocycles. The topological polar surface area (TPSA) is 114 Å². The van der Waals surface area contributed by atoms with Crippen molar-refractivity contribution in [2.45, 2.75) is 13.8 Å². The number of amides is 1. The van der Waals surface area contributed by atoms with Crippen LogP contribution >= 0.6 is 0 Å². The number of nitrogens with zero attached hydrogens (tertiary/aromatic N) is 2. The Morgan fingerprint density at radius 3 is 2.44 bits per heavy atom. The number of phenolic OH excluding ortho intramolecular Hbond substituents is 1. The van der Waals surface area contributed by atoms with Gasteiger partial charge in [0.05, 0.1) is 18.2 Å². The van der Waals surface area contributed by atoms with Gasteiger partial charge in [-0.25, -0.2) is 5.43 Å². The third-order valence-electron chi connectivity index (χ3n) is 2.96. The maximum atomic E-state index is 11.8. The van der Waals surface area contributed by atoms with Gasteiger partial charge in [-0.2, -0.15) is 5.10 Å². The number of methoxy groups -OCH3 is 1. The number of hydrogen-bond donors (Lipinski definition) is 2. The van der Waals surface area contributed by atoms with Crippen LogP contribution in [0.3, 0.4) is 0 Å². The van der Waals surface area contributed by atoms with E-state index in [4.69, 9.17) is 4.74 Å². The number of hydrazone groups is 1. The molecule has 0 aliphatic heterocycles. The normalized spacial score (nSPS) is 9.88. The number of non-ortho nitro benzene ring substituents is 1. The van der Waals surface area contributed by atoms with Crippen LogP contribution in [0.25, 0.3) is 0 Å². The average Bonchev–Trinajstić information content (AvgIpc) is 2.64. The molecule has 0 saturated carbocycles. The first-order valence-corrected chi connectivity index (χ1v) is 7.46. The largest absolute Gasteiger partial charge is 0.504 e. The van der Waals surface area contributed by atoms with Gasteiger partial charge in [0.15, 0.2) is 11.5 Å². The summed E-state index contributed by atoms with van der Waals surface area (Å²) in [7, 11) is 1.42. The Balaban J connectivity index is 0.00000151. The summed E-state index contributed by atoms with van der Waals surface area (Å²) in [6, 6.07) is 9.95. The Kier molecular flexibility index (Phi) is 7.58. The van der Waals surface area contributed by atoms with Gasteiger partial charge < -0.3 is 9.84 Å². The van der Waals surface area contributed by atoms with Gasteiger partial charge in [-0.3, -0.25) is 14.9 Å². The fraction of sp³-hybridized carbons (Fsp3) is 0.176. The highest BCUT2D eigenvalue weighted by Crippen LogP contribution is 2.27. The van der Waals surface area contributed by atoms with E-state index < -0.39 is 10.8 Å². The maximum Gasteiger partial charge on any atom is 0.271 e. The number of aromatic hydroxyl groups is 1. The van der Waals surface area contributed by atoms with Crippen LogP contribution in [-0.4, -0.2) is 29.3 Å². The van der Waals surface area contributed by atoms with Gasteiger partial charge in [0.2, 0.25) is 0 Å². The molecule has 0 aliphatic carbocycles. The fourth-order valence-corrected chi connectivity index (χ4v) is 1.77. The lowest BCUT2D eigenvalue weighted by Gasteiger charge is -2.05. The standard InChI is InChI=1S/C15H13N3O5.C2H6/c1-23-13-4-2-3-11(14(13)19)9-16-17-15(20)10-5-7-12(8-6-10)18(21)22;1-2/h2-9,19H,1H3,(H,17,20);1-2H3/b16-9+;. The van der Waals surface area contributed by atoms with Crippen molar-refractivity contribution >= 4 is 17.8 Å². The number of hydrogen-bond acceptors (Lipinski definition) is 6. The van der Waals surface area contributed by atoms with Crippen molar-refractivity contribution in [3.63, 3.8) is 0 Å². The van der Waals surface area contributed by atoms with Gasteiger partial charge in [-0.1, -0.05) is 19.9 Å². The van der Waals surface area contributed by atoms with E-state index in [1.54, 1.807) is 18.2 Å². The van der Waals surface area contributed by atoms with E-state index in [0.29, 0.717) is 5.56 Å². The second kappa shape index (κ2) is 9.66. The van der Waals surface area contributed by atoms with E-state index in [-0.39, 0.29) is 22.7 Å². The molecule has 0 aromatic heterocycles. The molecule has 0 fully saturated rings. The SMILES string of the molecule is CC.COc1cccc(/C=N/NC(=O)c2ccc([N+](=O)[O-])cc2)c1O. The number of rotatable bonds is 5. The number of carbonyl (C=O) groups excluding carboxylic acids is 1. The van der Waals surface area contributed by atoms with Crippen LogP contribution in [0.2, 0.25) is 0 Å². The first-order chi connectivity index (χ1) is 12.0. The highest BCUT2D eigenvalue weighted by atomic mass is 16.6. The van der Waals surface area contributed by atoms with E-state index in [0.717, 1.165) is 0 Å². The molecular weight excluding hydrogens is 326 g/mol. The molecule has 0 radical (unpaired) electrons. The number of nitro groups is 1. The van der Waals surface area contributed by atoms with Gasteiger partial charge in [0.1, 0.15) is 0 Å². The second-order valence-electron chi connectivity index (χ2n) is 4.40. The van der Waals surface area contributed by atoms with Crippen molar-refractivity contribution in [1.82, 2.24) is 5.43 Å². The zero-order chi connectivity index (χ0) is 18.8. The van der Waals surface area contributed by atoms with Crippen molar-refractivity contribution in [3.05, 3.63) is 63.7 Å². The van der Waals surface area contributed by atoms with Gasteiger partial charge in [0, 0.05) is 23.3 Å². The number of nitro benzene ring substituents is 1. The molecule has 1 amide bonds. The summed E-state index contributed by atoms with van der Waals surface area (Å²) in [6.45, 7) is 4.00. The Hall–Kier alpha value is -3.42. The monoisotopic (exact) mass is 345 g/mol. The van der Waals surface area contributed by atoms with Crippen LogP contribution in [0.4, 0.5) is 5.69 Å². The van der Waals surface area contributed by atoms with Crippen LogP contribution in [0.15, 0.2) is 47.6 Å². The van der Waals surface area contributed by atoms with E-state index in [1.165, 1.54) is 37.6 Å². The molecule has 0 heterocycles. The summed E-state index contributed by atoms with van der Waals surface area (Å²) >= 11 is 0. The van der Waals surface area contributed by atoms with Crippen LogP contribution in [0.1, 0.15) is 29.8 Å². The molecule has 0 aliphatic rings. The molecule has 8 heteroatoms. The van der Waals surface area contributed by atoms with Gasteiger partial charge in [-0.15, -0.1) is 0 Å². The predicted molar refractivity (Wildman–Crippen MR) is 94.2 cm³/mol. The molecule has 2 rings (SSSR count). The summed E-state index contributed by atoms with van der Waals surface area (Å²) in [6.07, 6.45) is 1.27. The van der Waals surface area contributed by atoms with E-state index in [9.17, 15) is 20.0 Å². The quantitative estimate of drug-likeness (QED) is 0.491. The molecule has 0 atom stereocenters. The summed E-state index contributed by atoms with van der Waals surface area (Å²) < 4.78 is 4.96. The van der Waals surface area contributed by atoms with Crippen molar-refractivity contribution in [2.75, 3.05) is 7.11 Å². The second-order valence-corrected chi connectivity index (χ2v) is 4.40. The van der Waals surface area contributed by atoms with Crippen LogP contribution in [0, 0.1) is 10.1 Å². The maximum absolute atomic E-state index is 11.8. The molecule has 8 nitrogen and oxygen atoms in total. The zero-order valence-electron chi connectivity index (χ0n) is 14.1. The minimum absolute atomic E-state index is 0.0941. The van der Waals surface area contributed by atoms with Gasteiger partial charge in [-0.05, 0) is 24.3 Å². The van der Waals surface area contributed by atoms with E-state index in [1.807, 2.05) is 13.8 Å². The fourth-order valence-electron chi connectivity index (χ4n) is 1.77. The first kappa shape index (κ1) is 19.6. The Labute approximate surface area is 144 Å². The summed E-state index contributed by atoms with van der Waals surface area (Å²) in [4.78, 5) is 21.8. The summed E-state index contributed by atoms with van der Waals surface area (Å²) in [5, 5.41) is 24.1. The first-order valence-electron chi connectivity index (χ1n) is 7.46. The lowest BCUT2D eigenvalue weighted by Crippen LogP contribution is -2.17. The Bertz CT molecular complexity index is 757. The number of ether oxygens (including phenoxy) is 1. The third-order valence-corrected chi connectivity index (χ3v) is 2.96. The van der Waals surface area contributed by atoms with Crippen molar-refractivity contribution in [1.29, 1.82) is 0 Å². The molecule has 2 aromatic rings.